The molecule has 3 N–H and O–H groups in total. The average Bonchev–Trinajstić information content (AvgIpc) is 2.30. The first-order valence-corrected chi connectivity index (χ1v) is 6.64. The number of carbonyl (C=O) groups excluding carboxylic acids is 1. The lowest BCUT2D eigenvalue weighted by molar-refractivity contribution is -0.115. The van der Waals surface area contributed by atoms with Gasteiger partial charge in [0.25, 0.3) is 0 Å². The second-order valence-electron chi connectivity index (χ2n) is 3.58. The maximum absolute atomic E-state index is 11.7. The zero-order valence-corrected chi connectivity index (χ0v) is 10.8. The summed E-state index contributed by atoms with van der Waals surface area (Å²) in [5, 5.41) is 2.06. The van der Waals surface area contributed by atoms with Gasteiger partial charge in [-0.25, -0.2) is 0 Å². The molecule has 0 aromatic heterocycles. The van der Waals surface area contributed by atoms with Crippen molar-refractivity contribution in [2.24, 2.45) is 0 Å². The van der Waals surface area contributed by atoms with Crippen molar-refractivity contribution in [3.05, 3.63) is 18.2 Å². The monoisotopic (exact) mass is 256 g/mol. The molecule has 6 heteroatoms. The number of nitrogen functional groups attached to an aromatic ring is 1. The van der Waals surface area contributed by atoms with Crippen molar-refractivity contribution >= 4 is 28.1 Å². The minimum atomic E-state index is -1.20. The lowest BCUT2D eigenvalue weighted by atomic mass is 10.2. The Morgan fingerprint density at radius 2 is 2.18 bits per heavy atom. The number of hydrogen-bond donors (Lipinski definition) is 2. The number of rotatable bonds is 4. The van der Waals surface area contributed by atoms with Gasteiger partial charge in [-0.3, -0.25) is 9.00 Å². The quantitative estimate of drug-likeness (QED) is 0.787. The number of methoxy groups -OCH3 is 1. The number of benzene rings is 1. The molecule has 0 aliphatic carbocycles. The second-order valence-corrected chi connectivity index (χ2v) is 5.29. The highest BCUT2D eigenvalue weighted by Crippen LogP contribution is 2.24. The molecule has 0 heterocycles. The Morgan fingerprint density at radius 3 is 2.65 bits per heavy atom. The predicted molar refractivity (Wildman–Crippen MR) is 69.6 cm³/mol. The van der Waals surface area contributed by atoms with E-state index in [2.05, 4.69) is 5.32 Å². The lowest BCUT2D eigenvalue weighted by Gasteiger charge is -2.12. The van der Waals surface area contributed by atoms with E-state index in [9.17, 15) is 9.00 Å². The molecule has 1 amide bonds. The number of nitrogens with two attached hydrogens (primary N) is 1. The van der Waals surface area contributed by atoms with Crippen LogP contribution in [0.2, 0.25) is 0 Å². The van der Waals surface area contributed by atoms with Crippen LogP contribution in [0.1, 0.15) is 6.92 Å². The fourth-order valence-corrected chi connectivity index (χ4v) is 1.53. The van der Waals surface area contributed by atoms with Crippen LogP contribution >= 0.6 is 0 Å². The highest BCUT2D eigenvalue weighted by Gasteiger charge is 2.17. The van der Waals surface area contributed by atoms with Gasteiger partial charge in [0.15, 0.2) is 0 Å². The van der Waals surface area contributed by atoms with E-state index in [-0.39, 0.29) is 5.91 Å². The van der Waals surface area contributed by atoms with Gasteiger partial charge < -0.3 is 15.8 Å². The van der Waals surface area contributed by atoms with Gasteiger partial charge in [-0.15, -0.1) is 0 Å². The smallest absolute Gasteiger partial charge is 0.239 e. The Hall–Kier alpha value is -1.56. The van der Waals surface area contributed by atoms with Gasteiger partial charge in [-0.05, 0) is 19.1 Å². The first-order chi connectivity index (χ1) is 7.95. The van der Waals surface area contributed by atoms with E-state index in [1.165, 1.54) is 13.4 Å². The Morgan fingerprint density at radius 1 is 1.53 bits per heavy atom. The van der Waals surface area contributed by atoms with Crippen molar-refractivity contribution in [1.82, 2.24) is 0 Å². The number of hydrogen-bond acceptors (Lipinski definition) is 4. The molecule has 1 rings (SSSR count). The molecule has 0 spiro atoms. The molecule has 0 radical (unpaired) electrons. The minimum Gasteiger partial charge on any atom is -0.497 e. The summed E-state index contributed by atoms with van der Waals surface area (Å²) in [6.07, 6.45) is 1.49. The Bertz CT molecular complexity index is 448. The molecule has 0 fully saturated rings. The first kappa shape index (κ1) is 13.5. The summed E-state index contributed by atoms with van der Waals surface area (Å²) in [4.78, 5) is 11.7. The molecule has 94 valence electrons. The topological polar surface area (TPSA) is 81.4 Å². The number of nitrogens with one attached hydrogen (secondary N) is 1. The van der Waals surface area contributed by atoms with Gasteiger partial charge >= 0.3 is 0 Å². The molecule has 5 nitrogen and oxygen atoms in total. The first-order valence-electron chi connectivity index (χ1n) is 5.02. The molecule has 0 saturated heterocycles. The van der Waals surface area contributed by atoms with Crippen molar-refractivity contribution in [3.8, 4) is 5.75 Å². The third-order valence-corrected chi connectivity index (χ3v) is 3.59. The molecule has 0 aliphatic rings. The summed E-state index contributed by atoms with van der Waals surface area (Å²) >= 11 is 0. The molecule has 0 saturated carbocycles. The van der Waals surface area contributed by atoms with Crippen molar-refractivity contribution in [3.63, 3.8) is 0 Å². The molecule has 1 aromatic rings. The van der Waals surface area contributed by atoms with Crippen LogP contribution in [0.4, 0.5) is 11.4 Å². The summed E-state index contributed by atoms with van der Waals surface area (Å²) < 4.78 is 16.2. The standard InChI is InChI=1S/C11H16N2O3S/c1-7(17(3)15)11(14)13-10-5-4-8(16-2)6-9(10)12/h4-7H,12H2,1-3H3,(H,13,14). The fraction of sp³-hybridized carbons (Fsp3) is 0.364. The van der Waals surface area contributed by atoms with E-state index in [1.54, 1.807) is 25.1 Å². The van der Waals surface area contributed by atoms with Gasteiger partial charge in [0, 0.05) is 23.1 Å². The van der Waals surface area contributed by atoms with Crippen LogP contribution in [0, 0.1) is 0 Å². The largest absolute Gasteiger partial charge is 0.497 e. The fourth-order valence-electron chi connectivity index (χ4n) is 1.17. The molecular weight excluding hydrogens is 240 g/mol. The Balaban J connectivity index is 2.82. The number of ether oxygens (including phenoxy) is 1. The normalized spacial score (nSPS) is 13.8. The van der Waals surface area contributed by atoms with Crippen LogP contribution in [0.3, 0.4) is 0 Å². The van der Waals surface area contributed by atoms with Gasteiger partial charge in [-0.1, -0.05) is 0 Å². The van der Waals surface area contributed by atoms with Crippen LogP contribution in [0.15, 0.2) is 18.2 Å². The van der Waals surface area contributed by atoms with E-state index < -0.39 is 16.0 Å². The van der Waals surface area contributed by atoms with E-state index in [4.69, 9.17) is 10.5 Å². The number of amides is 1. The van der Waals surface area contributed by atoms with Crippen molar-refractivity contribution in [2.45, 2.75) is 12.2 Å². The van der Waals surface area contributed by atoms with Gasteiger partial charge in [0.2, 0.25) is 5.91 Å². The van der Waals surface area contributed by atoms with Crippen LogP contribution in [-0.2, 0) is 15.6 Å². The number of carbonyl (C=O) groups is 1. The van der Waals surface area contributed by atoms with E-state index in [0.717, 1.165) is 0 Å². The molecular formula is C11H16N2O3S. The van der Waals surface area contributed by atoms with Gasteiger partial charge in [0.05, 0.1) is 18.5 Å². The van der Waals surface area contributed by atoms with Gasteiger partial charge in [-0.2, -0.15) is 0 Å². The maximum atomic E-state index is 11.7. The molecule has 0 aliphatic heterocycles. The highest BCUT2D eigenvalue weighted by molar-refractivity contribution is 7.85. The molecule has 0 bridgehead atoms. The highest BCUT2D eigenvalue weighted by atomic mass is 32.2. The van der Waals surface area contributed by atoms with Crippen molar-refractivity contribution in [2.75, 3.05) is 24.4 Å². The third-order valence-electron chi connectivity index (χ3n) is 2.38. The zero-order valence-electron chi connectivity index (χ0n) is 10.0. The van der Waals surface area contributed by atoms with E-state index in [1.807, 2.05) is 0 Å². The zero-order chi connectivity index (χ0) is 13.0. The molecule has 1 aromatic carbocycles. The Labute approximate surface area is 103 Å². The Kier molecular flexibility index (Phi) is 4.51. The second kappa shape index (κ2) is 5.67. The summed E-state index contributed by atoms with van der Waals surface area (Å²) in [6.45, 7) is 1.60. The van der Waals surface area contributed by atoms with E-state index >= 15 is 0 Å². The van der Waals surface area contributed by atoms with Crippen LogP contribution in [0.5, 0.6) is 5.75 Å². The molecule has 2 unspecified atom stereocenters. The van der Waals surface area contributed by atoms with Crippen molar-refractivity contribution < 1.29 is 13.7 Å². The molecule has 17 heavy (non-hydrogen) atoms. The van der Waals surface area contributed by atoms with Gasteiger partial charge in [0.1, 0.15) is 11.0 Å². The predicted octanol–water partition coefficient (Wildman–Crippen LogP) is 0.983. The maximum Gasteiger partial charge on any atom is 0.239 e. The van der Waals surface area contributed by atoms with Crippen LogP contribution in [-0.4, -0.2) is 28.7 Å². The lowest BCUT2D eigenvalue weighted by Crippen LogP contribution is -2.28. The van der Waals surface area contributed by atoms with E-state index in [0.29, 0.717) is 17.1 Å². The minimum absolute atomic E-state index is 0.317. The average molecular weight is 256 g/mol. The molecule has 2 atom stereocenters. The number of anilines is 2. The van der Waals surface area contributed by atoms with Crippen molar-refractivity contribution in [1.29, 1.82) is 0 Å². The third kappa shape index (κ3) is 3.45. The van der Waals surface area contributed by atoms with Crippen LogP contribution in [0.25, 0.3) is 0 Å². The van der Waals surface area contributed by atoms with Crippen LogP contribution < -0.4 is 15.8 Å². The summed E-state index contributed by atoms with van der Waals surface area (Å²) in [7, 11) is 0.333. The summed E-state index contributed by atoms with van der Waals surface area (Å²) in [5.41, 5.74) is 6.65. The summed E-state index contributed by atoms with van der Waals surface area (Å²) in [6, 6.07) is 4.96. The SMILES string of the molecule is COc1ccc(NC(=O)C(C)S(C)=O)c(N)c1. The summed E-state index contributed by atoms with van der Waals surface area (Å²) in [5.74, 6) is 0.301.